The highest BCUT2D eigenvalue weighted by molar-refractivity contribution is 7.79. The summed E-state index contributed by atoms with van der Waals surface area (Å²) >= 11 is 0. The fourth-order valence-corrected chi connectivity index (χ4v) is 3.46. The molecule has 0 aliphatic rings. The monoisotopic (exact) mass is 396 g/mol. The Morgan fingerprint density at radius 2 is 0.731 bits per heavy atom. The van der Waals surface area contributed by atoms with Crippen molar-refractivity contribution in [3.05, 3.63) is 0 Å². The van der Waals surface area contributed by atoms with Gasteiger partial charge in [-0.05, 0) is 51.4 Å². The van der Waals surface area contributed by atoms with Crippen molar-refractivity contribution in [3.63, 3.8) is 0 Å². The van der Waals surface area contributed by atoms with E-state index in [9.17, 15) is 0 Å². The van der Waals surface area contributed by atoms with Gasteiger partial charge in [0.05, 0.1) is 26.2 Å². The molecule has 0 saturated heterocycles. The zero-order chi connectivity index (χ0) is 20.3. The average molecular weight is 397 g/mol. The van der Waals surface area contributed by atoms with Gasteiger partial charge in [-0.15, -0.1) is 0 Å². The van der Waals surface area contributed by atoms with Gasteiger partial charge < -0.3 is 4.48 Å². The van der Waals surface area contributed by atoms with Crippen LogP contribution in [0, 0.1) is 0 Å². The van der Waals surface area contributed by atoms with Crippen LogP contribution in [0.5, 0.6) is 0 Å². The minimum atomic E-state index is -4.67. The number of rotatable bonds is 16. The van der Waals surface area contributed by atoms with Gasteiger partial charge in [-0.1, -0.05) is 53.4 Å². The first-order chi connectivity index (χ1) is 12.2. The third kappa shape index (κ3) is 21.9. The molecule has 0 bridgehead atoms. The second kappa shape index (κ2) is 18.2. The quantitative estimate of drug-likeness (QED) is 0.193. The van der Waals surface area contributed by atoms with Gasteiger partial charge in [-0.3, -0.25) is 9.11 Å². The van der Waals surface area contributed by atoms with Crippen molar-refractivity contribution >= 4 is 10.4 Å². The zero-order valence-corrected chi connectivity index (χ0v) is 18.7. The number of unbranched alkanes of at least 4 members (excludes halogenated alkanes) is 8. The van der Waals surface area contributed by atoms with E-state index in [1.54, 1.807) is 0 Å². The van der Waals surface area contributed by atoms with E-state index in [0.29, 0.717) is 0 Å². The Kier molecular flexibility index (Phi) is 19.6. The van der Waals surface area contributed by atoms with E-state index >= 15 is 0 Å². The predicted octanol–water partition coefficient (Wildman–Crippen LogP) is 5.91. The van der Waals surface area contributed by atoms with E-state index in [1.165, 1.54) is 108 Å². The molecule has 6 heteroatoms. The normalized spacial score (nSPS) is 11.9. The molecular formula is C20H46NO4S+. The van der Waals surface area contributed by atoms with Crippen LogP contribution >= 0.6 is 0 Å². The van der Waals surface area contributed by atoms with Gasteiger partial charge in [0.25, 0.3) is 0 Å². The van der Waals surface area contributed by atoms with Crippen molar-refractivity contribution in [1.82, 2.24) is 0 Å². The molecular weight excluding hydrogens is 350 g/mol. The van der Waals surface area contributed by atoms with Crippen molar-refractivity contribution in [3.8, 4) is 0 Å². The van der Waals surface area contributed by atoms with E-state index in [0.717, 1.165) is 0 Å². The first kappa shape index (κ1) is 28.0. The predicted molar refractivity (Wildman–Crippen MR) is 112 cm³/mol. The molecule has 5 nitrogen and oxygen atoms in total. The Labute approximate surface area is 163 Å². The van der Waals surface area contributed by atoms with Gasteiger partial charge in [0.15, 0.2) is 0 Å². The molecule has 0 aromatic heterocycles. The van der Waals surface area contributed by atoms with E-state index < -0.39 is 10.4 Å². The number of hydrogen-bond acceptors (Lipinski definition) is 2. The Hall–Kier alpha value is -0.170. The summed E-state index contributed by atoms with van der Waals surface area (Å²) in [5, 5.41) is 0. The third-order valence-electron chi connectivity index (χ3n) is 4.94. The van der Waals surface area contributed by atoms with Crippen LogP contribution in [-0.4, -0.2) is 48.2 Å². The SMILES string of the molecule is CCCCC[N+](CCCCC)(CCCCC)CCCCC.O=S(=O)(O)O. The van der Waals surface area contributed by atoms with E-state index in [-0.39, 0.29) is 0 Å². The van der Waals surface area contributed by atoms with Gasteiger partial charge in [0.2, 0.25) is 0 Å². The van der Waals surface area contributed by atoms with Crippen LogP contribution in [0.15, 0.2) is 0 Å². The molecule has 0 aliphatic heterocycles. The topological polar surface area (TPSA) is 74.6 Å². The van der Waals surface area contributed by atoms with Crippen molar-refractivity contribution in [2.45, 2.75) is 105 Å². The Morgan fingerprint density at radius 3 is 0.885 bits per heavy atom. The van der Waals surface area contributed by atoms with Crippen LogP contribution in [0.25, 0.3) is 0 Å². The van der Waals surface area contributed by atoms with Crippen LogP contribution in [-0.2, 0) is 10.4 Å². The minimum absolute atomic E-state index is 1.36. The second-order valence-corrected chi connectivity index (χ2v) is 8.41. The Bertz CT molecular complexity index is 332. The molecule has 0 aliphatic carbocycles. The summed E-state index contributed by atoms with van der Waals surface area (Å²) in [6.45, 7) is 15.1. The molecule has 0 atom stereocenters. The van der Waals surface area contributed by atoms with Gasteiger partial charge in [-0.25, -0.2) is 0 Å². The maximum absolute atomic E-state index is 8.74. The van der Waals surface area contributed by atoms with Gasteiger partial charge in [0, 0.05) is 0 Å². The molecule has 0 amide bonds. The summed E-state index contributed by atoms with van der Waals surface area (Å²) in [5.41, 5.74) is 0. The smallest absolute Gasteiger partial charge is 0.324 e. The van der Waals surface area contributed by atoms with Crippen LogP contribution in [0.1, 0.15) is 105 Å². The van der Waals surface area contributed by atoms with E-state index in [4.69, 9.17) is 17.5 Å². The number of nitrogens with zero attached hydrogens (tertiary/aromatic N) is 1. The Morgan fingerprint density at radius 1 is 0.538 bits per heavy atom. The molecule has 2 N–H and O–H groups in total. The summed E-state index contributed by atoms with van der Waals surface area (Å²) in [7, 11) is -4.67. The van der Waals surface area contributed by atoms with Crippen molar-refractivity contribution < 1.29 is 22.0 Å². The zero-order valence-electron chi connectivity index (χ0n) is 17.9. The summed E-state index contributed by atoms with van der Waals surface area (Å²) in [6.07, 6.45) is 16.9. The minimum Gasteiger partial charge on any atom is -0.324 e. The van der Waals surface area contributed by atoms with Crippen LogP contribution in [0.3, 0.4) is 0 Å². The summed E-state index contributed by atoms with van der Waals surface area (Å²) in [6, 6.07) is 0. The summed E-state index contributed by atoms with van der Waals surface area (Å²) in [5.74, 6) is 0. The van der Waals surface area contributed by atoms with Gasteiger partial charge in [-0.2, -0.15) is 8.42 Å². The van der Waals surface area contributed by atoms with E-state index in [1.807, 2.05) is 0 Å². The summed E-state index contributed by atoms with van der Waals surface area (Å²) < 4.78 is 33.0. The molecule has 0 unspecified atom stereocenters. The lowest BCUT2D eigenvalue weighted by Gasteiger charge is -2.39. The molecule has 0 saturated carbocycles. The molecule has 0 radical (unpaired) electrons. The van der Waals surface area contributed by atoms with Crippen molar-refractivity contribution in [2.75, 3.05) is 26.2 Å². The fraction of sp³-hybridized carbons (Fsp3) is 1.00. The first-order valence-corrected chi connectivity index (χ1v) is 12.2. The standard InChI is InChI=1S/C20H44N.H2O4S/c1-5-9-13-17-21(18-14-10-6-2,19-15-11-7-3)20-16-12-8-4;1-5(2,3)4/h5-20H2,1-4H3;(H2,1,2,3,4)/q+1;. The molecule has 160 valence electrons. The second-order valence-electron chi connectivity index (χ2n) is 7.51. The lowest BCUT2D eigenvalue weighted by molar-refractivity contribution is -0.929. The van der Waals surface area contributed by atoms with Gasteiger partial charge >= 0.3 is 10.4 Å². The molecule has 0 aromatic carbocycles. The van der Waals surface area contributed by atoms with Crippen molar-refractivity contribution in [2.24, 2.45) is 0 Å². The Balaban J connectivity index is 0. The highest BCUT2D eigenvalue weighted by Gasteiger charge is 2.25. The first-order valence-electron chi connectivity index (χ1n) is 10.8. The van der Waals surface area contributed by atoms with Crippen LogP contribution in [0.4, 0.5) is 0 Å². The number of hydrogen-bond donors (Lipinski definition) is 2. The molecule has 0 fully saturated rings. The molecule has 26 heavy (non-hydrogen) atoms. The average Bonchev–Trinajstić information content (AvgIpc) is 2.54. The van der Waals surface area contributed by atoms with Crippen LogP contribution in [0.2, 0.25) is 0 Å². The third-order valence-corrected chi connectivity index (χ3v) is 4.94. The summed E-state index contributed by atoms with van der Waals surface area (Å²) in [4.78, 5) is 0. The largest absolute Gasteiger partial charge is 0.394 e. The van der Waals surface area contributed by atoms with Crippen LogP contribution < -0.4 is 0 Å². The molecule has 0 rings (SSSR count). The maximum Gasteiger partial charge on any atom is 0.394 e. The maximum atomic E-state index is 8.74. The highest BCUT2D eigenvalue weighted by atomic mass is 32.3. The van der Waals surface area contributed by atoms with E-state index in [2.05, 4.69) is 27.7 Å². The fourth-order valence-electron chi connectivity index (χ4n) is 3.46. The molecule has 0 spiro atoms. The molecule has 0 heterocycles. The van der Waals surface area contributed by atoms with Gasteiger partial charge in [0.1, 0.15) is 0 Å². The highest BCUT2D eigenvalue weighted by Crippen LogP contribution is 2.18. The lowest BCUT2D eigenvalue weighted by atomic mass is 10.1. The lowest BCUT2D eigenvalue weighted by Crippen LogP contribution is -2.50. The number of quaternary nitrogens is 1. The van der Waals surface area contributed by atoms with Crippen molar-refractivity contribution in [1.29, 1.82) is 0 Å². The molecule has 0 aromatic rings.